The first-order chi connectivity index (χ1) is 12.0. The predicted octanol–water partition coefficient (Wildman–Crippen LogP) is 2.77. The predicted molar refractivity (Wildman–Crippen MR) is 104 cm³/mol. The van der Waals surface area contributed by atoms with Gasteiger partial charge in [0.15, 0.2) is 5.11 Å². The van der Waals surface area contributed by atoms with E-state index in [0.717, 1.165) is 23.6 Å². The summed E-state index contributed by atoms with van der Waals surface area (Å²) in [5.74, 6) is 0. The summed E-state index contributed by atoms with van der Waals surface area (Å²) in [7, 11) is 1.93. The van der Waals surface area contributed by atoms with Crippen molar-refractivity contribution in [1.29, 1.82) is 0 Å². The number of rotatable bonds is 5. The fourth-order valence-corrected chi connectivity index (χ4v) is 2.84. The summed E-state index contributed by atoms with van der Waals surface area (Å²) in [5, 5.41) is 15.6. The minimum Gasteiger partial charge on any atom is -0.357 e. The Bertz CT molecular complexity index is 879. The zero-order valence-corrected chi connectivity index (χ0v) is 15.5. The van der Waals surface area contributed by atoms with E-state index in [-0.39, 0.29) is 0 Å². The highest BCUT2D eigenvalue weighted by Crippen LogP contribution is 2.11. The lowest BCUT2D eigenvalue weighted by Crippen LogP contribution is -2.28. The third-order valence-electron chi connectivity index (χ3n) is 4.01. The molecule has 0 radical (unpaired) electrons. The minimum absolute atomic E-state index is 0.564. The number of benzene rings is 1. The Kier molecular flexibility index (Phi) is 5.14. The highest BCUT2D eigenvalue weighted by atomic mass is 32.1. The molecule has 0 aliphatic heterocycles. The summed E-state index contributed by atoms with van der Waals surface area (Å²) in [5.41, 5.74) is 5.46. The van der Waals surface area contributed by atoms with E-state index in [4.69, 9.17) is 12.2 Å². The molecule has 0 fully saturated rings. The zero-order chi connectivity index (χ0) is 17.8. The Morgan fingerprint density at radius 2 is 2.04 bits per heavy atom. The van der Waals surface area contributed by atoms with Crippen molar-refractivity contribution >= 4 is 23.0 Å². The molecule has 0 unspecified atom stereocenters. The van der Waals surface area contributed by atoms with Gasteiger partial charge in [0.1, 0.15) is 0 Å². The standard InChI is InChI=1S/C18H22N6S/c1-13-6-4-5-7-15(13)11-24-12-16(9-20-24)21-18(25)19-10-17-8-14(2)22-23(17)3/h4-9,12H,10-11H2,1-3H3,(H2,19,21,25). The number of aryl methyl sites for hydroxylation is 3. The van der Waals surface area contributed by atoms with Gasteiger partial charge in [-0.15, -0.1) is 0 Å². The molecule has 2 N–H and O–H groups in total. The maximum absolute atomic E-state index is 5.36. The Morgan fingerprint density at radius 3 is 2.76 bits per heavy atom. The first-order valence-electron chi connectivity index (χ1n) is 8.12. The lowest BCUT2D eigenvalue weighted by Gasteiger charge is -2.09. The van der Waals surface area contributed by atoms with Gasteiger partial charge in [-0.25, -0.2) is 0 Å². The highest BCUT2D eigenvalue weighted by Gasteiger charge is 2.05. The third-order valence-corrected chi connectivity index (χ3v) is 4.26. The number of anilines is 1. The van der Waals surface area contributed by atoms with Crippen LogP contribution in [0.25, 0.3) is 0 Å². The van der Waals surface area contributed by atoms with Crippen molar-refractivity contribution in [2.45, 2.75) is 26.9 Å². The number of hydrogen-bond donors (Lipinski definition) is 2. The van der Waals surface area contributed by atoms with Gasteiger partial charge in [-0.05, 0) is 43.3 Å². The van der Waals surface area contributed by atoms with Gasteiger partial charge in [0.25, 0.3) is 0 Å². The van der Waals surface area contributed by atoms with Gasteiger partial charge in [-0.1, -0.05) is 24.3 Å². The molecule has 0 atom stereocenters. The molecule has 0 saturated carbocycles. The molecule has 3 rings (SSSR count). The summed E-state index contributed by atoms with van der Waals surface area (Å²) < 4.78 is 3.75. The molecule has 130 valence electrons. The summed E-state index contributed by atoms with van der Waals surface area (Å²) >= 11 is 5.36. The maximum Gasteiger partial charge on any atom is 0.171 e. The van der Waals surface area contributed by atoms with Gasteiger partial charge in [-0.3, -0.25) is 9.36 Å². The fraction of sp³-hybridized carbons (Fsp3) is 0.278. The number of nitrogens with zero attached hydrogens (tertiary/aromatic N) is 4. The first-order valence-corrected chi connectivity index (χ1v) is 8.53. The molecule has 0 aliphatic carbocycles. The molecule has 0 aliphatic rings. The van der Waals surface area contributed by atoms with Crippen molar-refractivity contribution in [3.8, 4) is 0 Å². The Balaban J connectivity index is 1.55. The van der Waals surface area contributed by atoms with Gasteiger partial charge in [0.05, 0.1) is 36.4 Å². The van der Waals surface area contributed by atoms with Gasteiger partial charge in [-0.2, -0.15) is 10.2 Å². The molecule has 0 saturated heterocycles. The van der Waals surface area contributed by atoms with Crippen molar-refractivity contribution < 1.29 is 0 Å². The van der Waals surface area contributed by atoms with E-state index < -0.39 is 0 Å². The fourth-order valence-electron chi connectivity index (χ4n) is 2.65. The van der Waals surface area contributed by atoms with Gasteiger partial charge in [0.2, 0.25) is 0 Å². The summed E-state index contributed by atoms with van der Waals surface area (Å²) in [6.45, 7) is 5.45. The Labute approximate surface area is 152 Å². The number of aromatic nitrogens is 4. The van der Waals surface area contributed by atoms with Crippen LogP contribution < -0.4 is 10.6 Å². The second-order valence-corrected chi connectivity index (χ2v) is 6.47. The second-order valence-electron chi connectivity index (χ2n) is 6.06. The lowest BCUT2D eigenvalue weighted by atomic mass is 10.1. The molecular formula is C18H22N6S. The Hall–Kier alpha value is -2.67. The normalized spacial score (nSPS) is 10.7. The van der Waals surface area contributed by atoms with Crippen molar-refractivity contribution in [2.75, 3.05) is 5.32 Å². The van der Waals surface area contributed by atoms with E-state index in [1.165, 1.54) is 11.1 Å². The van der Waals surface area contributed by atoms with Crippen molar-refractivity contribution in [3.05, 3.63) is 65.2 Å². The largest absolute Gasteiger partial charge is 0.357 e. The minimum atomic E-state index is 0.564. The maximum atomic E-state index is 5.36. The van der Waals surface area contributed by atoms with E-state index in [9.17, 15) is 0 Å². The lowest BCUT2D eigenvalue weighted by molar-refractivity contribution is 0.684. The van der Waals surface area contributed by atoms with Crippen molar-refractivity contribution in [2.24, 2.45) is 7.05 Å². The molecule has 2 heterocycles. The van der Waals surface area contributed by atoms with Crippen LogP contribution in [0.3, 0.4) is 0 Å². The molecule has 7 heteroatoms. The summed E-state index contributed by atoms with van der Waals surface area (Å²) in [6, 6.07) is 10.4. The molecule has 0 spiro atoms. The number of hydrogen-bond acceptors (Lipinski definition) is 3. The SMILES string of the molecule is Cc1cc(CNC(=S)Nc2cnn(Cc3ccccc3C)c2)n(C)n1. The van der Waals surface area contributed by atoms with Crippen LogP contribution in [-0.2, 0) is 20.1 Å². The van der Waals surface area contributed by atoms with Crippen LogP contribution in [0, 0.1) is 13.8 Å². The van der Waals surface area contributed by atoms with E-state index in [1.807, 2.05) is 47.7 Å². The molecule has 0 amide bonds. The van der Waals surface area contributed by atoms with Crippen molar-refractivity contribution in [1.82, 2.24) is 24.9 Å². The van der Waals surface area contributed by atoms with Gasteiger partial charge in [0, 0.05) is 13.2 Å². The van der Waals surface area contributed by atoms with Crippen LogP contribution in [0.5, 0.6) is 0 Å². The smallest absolute Gasteiger partial charge is 0.171 e. The molecular weight excluding hydrogens is 332 g/mol. The third kappa shape index (κ3) is 4.45. The van der Waals surface area contributed by atoms with Crippen LogP contribution in [0.1, 0.15) is 22.5 Å². The van der Waals surface area contributed by atoms with Gasteiger partial charge < -0.3 is 10.6 Å². The quantitative estimate of drug-likeness (QED) is 0.690. The summed E-state index contributed by atoms with van der Waals surface area (Å²) in [6.07, 6.45) is 3.73. The zero-order valence-electron chi connectivity index (χ0n) is 14.7. The average Bonchev–Trinajstić information content (AvgIpc) is 3.13. The topological polar surface area (TPSA) is 59.7 Å². The van der Waals surface area contributed by atoms with E-state index in [2.05, 4.69) is 39.9 Å². The van der Waals surface area contributed by atoms with E-state index in [1.54, 1.807) is 6.20 Å². The number of nitrogens with one attached hydrogen (secondary N) is 2. The van der Waals surface area contributed by atoms with Crippen LogP contribution in [0.15, 0.2) is 42.7 Å². The van der Waals surface area contributed by atoms with Crippen LogP contribution in [-0.4, -0.2) is 24.7 Å². The first kappa shape index (κ1) is 17.2. The van der Waals surface area contributed by atoms with Crippen molar-refractivity contribution in [3.63, 3.8) is 0 Å². The Morgan fingerprint density at radius 1 is 1.24 bits per heavy atom. The van der Waals surface area contributed by atoms with Gasteiger partial charge >= 0.3 is 0 Å². The molecule has 2 aromatic heterocycles. The monoisotopic (exact) mass is 354 g/mol. The molecule has 3 aromatic rings. The van der Waals surface area contributed by atoms with Crippen LogP contribution in [0.2, 0.25) is 0 Å². The molecule has 25 heavy (non-hydrogen) atoms. The highest BCUT2D eigenvalue weighted by molar-refractivity contribution is 7.80. The molecule has 0 bridgehead atoms. The molecule has 1 aromatic carbocycles. The van der Waals surface area contributed by atoms with E-state index >= 15 is 0 Å². The van der Waals surface area contributed by atoms with Crippen LogP contribution >= 0.6 is 12.2 Å². The average molecular weight is 354 g/mol. The van der Waals surface area contributed by atoms with E-state index in [0.29, 0.717) is 11.7 Å². The molecule has 6 nitrogen and oxygen atoms in total. The van der Waals surface area contributed by atoms with Crippen LogP contribution in [0.4, 0.5) is 5.69 Å². The second kappa shape index (κ2) is 7.48. The number of thiocarbonyl (C=S) groups is 1. The summed E-state index contributed by atoms with van der Waals surface area (Å²) in [4.78, 5) is 0.